The first-order valence-electron chi connectivity index (χ1n) is 9.06. The highest BCUT2D eigenvalue weighted by Gasteiger charge is 2.11. The highest BCUT2D eigenvalue weighted by Crippen LogP contribution is 2.18. The van der Waals surface area contributed by atoms with Gasteiger partial charge in [0, 0.05) is 18.1 Å². The predicted molar refractivity (Wildman–Crippen MR) is 104 cm³/mol. The maximum atomic E-state index is 12.5. The molecule has 0 spiro atoms. The van der Waals surface area contributed by atoms with Crippen LogP contribution >= 0.6 is 0 Å². The molecular weight excluding hydrogens is 362 g/mol. The fraction of sp³-hybridized carbons (Fsp3) is 0.333. The van der Waals surface area contributed by atoms with E-state index in [1.807, 2.05) is 30.3 Å². The Balaban J connectivity index is 1.80. The smallest absolute Gasteiger partial charge is 0.497 e. The van der Waals surface area contributed by atoms with Crippen LogP contribution in [0.3, 0.4) is 0 Å². The van der Waals surface area contributed by atoms with Gasteiger partial charge in [0.1, 0.15) is 18.1 Å². The van der Waals surface area contributed by atoms with E-state index in [-0.39, 0.29) is 19.1 Å². The molecular formula is C21H25NO6. The molecule has 1 amide bonds. The van der Waals surface area contributed by atoms with Gasteiger partial charge in [-0.1, -0.05) is 24.3 Å². The van der Waals surface area contributed by atoms with Gasteiger partial charge in [-0.25, -0.2) is 4.79 Å². The summed E-state index contributed by atoms with van der Waals surface area (Å²) in [6, 6.07) is 14.5. The largest absolute Gasteiger partial charge is 0.508 e. The van der Waals surface area contributed by atoms with Crippen LogP contribution in [0.15, 0.2) is 48.5 Å². The first-order valence-corrected chi connectivity index (χ1v) is 9.06. The van der Waals surface area contributed by atoms with E-state index < -0.39 is 6.16 Å². The predicted octanol–water partition coefficient (Wildman–Crippen LogP) is 3.22. The van der Waals surface area contributed by atoms with Crippen LogP contribution in [0.4, 0.5) is 4.79 Å². The Morgan fingerprint density at radius 3 is 2.54 bits per heavy atom. The van der Waals surface area contributed by atoms with Crippen molar-refractivity contribution in [2.45, 2.75) is 13.3 Å². The van der Waals surface area contributed by atoms with Gasteiger partial charge in [-0.15, -0.1) is 0 Å². The molecule has 150 valence electrons. The molecule has 1 N–H and O–H groups in total. The number of hydrogen-bond acceptors (Lipinski definition) is 6. The molecule has 2 aromatic rings. The van der Waals surface area contributed by atoms with Crippen LogP contribution in [-0.4, -0.2) is 45.5 Å². The minimum atomic E-state index is -0.709. The van der Waals surface area contributed by atoms with Gasteiger partial charge >= 0.3 is 6.16 Å². The number of hydrogen-bond donors (Lipinski definition) is 1. The number of nitrogens with one attached hydrogen (secondary N) is 1. The van der Waals surface area contributed by atoms with Gasteiger partial charge in [-0.05, 0) is 30.7 Å². The number of amides is 1. The summed E-state index contributed by atoms with van der Waals surface area (Å²) < 4.78 is 20.4. The Kier molecular flexibility index (Phi) is 8.65. The van der Waals surface area contributed by atoms with Crippen LogP contribution in [0.2, 0.25) is 0 Å². The first-order chi connectivity index (χ1) is 13.6. The minimum Gasteiger partial charge on any atom is -0.497 e. The molecule has 0 radical (unpaired) electrons. The fourth-order valence-corrected chi connectivity index (χ4v) is 2.48. The van der Waals surface area contributed by atoms with Crippen LogP contribution < -0.4 is 14.8 Å². The van der Waals surface area contributed by atoms with E-state index in [9.17, 15) is 9.59 Å². The molecule has 0 saturated heterocycles. The summed E-state index contributed by atoms with van der Waals surface area (Å²) >= 11 is 0. The summed E-state index contributed by atoms with van der Waals surface area (Å²) in [5, 5.41) is 2.83. The third-order valence-electron chi connectivity index (χ3n) is 3.81. The Hall–Kier alpha value is -3.22. The summed E-state index contributed by atoms with van der Waals surface area (Å²) in [5.74, 6) is 1.17. The molecule has 0 aromatic heterocycles. The molecule has 0 atom stereocenters. The van der Waals surface area contributed by atoms with E-state index in [0.717, 1.165) is 5.56 Å². The minimum absolute atomic E-state index is 0.141. The van der Waals surface area contributed by atoms with E-state index in [4.69, 9.17) is 18.9 Å². The standard InChI is InChI=1S/C21H25NO6/c1-3-26-21(24)28-13-11-16-7-4-5-10-19(16)20(23)22-12-14-27-18-9-6-8-17(15-18)25-2/h4-10,15H,3,11-14H2,1-2H3,(H,22,23). The van der Waals surface area contributed by atoms with E-state index in [1.54, 1.807) is 32.2 Å². The second-order valence-corrected chi connectivity index (χ2v) is 5.72. The molecule has 0 unspecified atom stereocenters. The topological polar surface area (TPSA) is 83.1 Å². The van der Waals surface area contributed by atoms with Crippen LogP contribution in [0.1, 0.15) is 22.8 Å². The lowest BCUT2D eigenvalue weighted by molar-refractivity contribution is 0.0599. The van der Waals surface area contributed by atoms with Gasteiger partial charge in [0.25, 0.3) is 5.91 Å². The molecule has 0 aliphatic carbocycles. The van der Waals surface area contributed by atoms with E-state index in [0.29, 0.717) is 36.6 Å². The van der Waals surface area contributed by atoms with Gasteiger partial charge in [0.15, 0.2) is 0 Å². The van der Waals surface area contributed by atoms with Gasteiger partial charge in [0.05, 0.1) is 26.9 Å². The summed E-state index contributed by atoms with van der Waals surface area (Å²) in [7, 11) is 1.59. The van der Waals surface area contributed by atoms with Gasteiger partial charge in [0.2, 0.25) is 0 Å². The average Bonchev–Trinajstić information content (AvgIpc) is 2.72. The van der Waals surface area contributed by atoms with Crippen molar-refractivity contribution in [3.8, 4) is 11.5 Å². The van der Waals surface area contributed by atoms with Crippen molar-refractivity contribution in [3.63, 3.8) is 0 Å². The van der Waals surface area contributed by atoms with Crippen molar-refractivity contribution >= 4 is 12.1 Å². The lowest BCUT2D eigenvalue weighted by atomic mass is 10.0. The number of ether oxygens (including phenoxy) is 4. The number of carbonyl (C=O) groups excluding carboxylic acids is 2. The molecule has 28 heavy (non-hydrogen) atoms. The molecule has 0 aliphatic rings. The Morgan fingerprint density at radius 1 is 0.964 bits per heavy atom. The highest BCUT2D eigenvalue weighted by molar-refractivity contribution is 5.95. The zero-order chi connectivity index (χ0) is 20.2. The van der Waals surface area contributed by atoms with Gasteiger partial charge < -0.3 is 24.3 Å². The van der Waals surface area contributed by atoms with Crippen molar-refractivity contribution in [1.29, 1.82) is 0 Å². The monoisotopic (exact) mass is 387 g/mol. The number of methoxy groups -OCH3 is 1. The van der Waals surface area contributed by atoms with Gasteiger partial charge in [-0.2, -0.15) is 0 Å². The average molecular weight is 387 g/mol. The maximum absolute atomic E-state index is 12.5. The van der Waals surface area contributed by atoms with Crippen LogP contribution in [0, 0.1) is 0 Å². The normalized spacial score (nSPS) is 10.1. The van der Waals surface area contributed by atoms with E-state index >= 15 is 0 Å². The molecule has 0 saturated carbocycles. The van der Waals surface area contributed by atoms with Crippen molar-refractivity contribution in [1.82, 2.24) is 5.32 Å². The Labute approximate surface area is 164 Å². The zero-order valence-corrected chi connectivity index (χ0v) is 16.1. The number of carbonyl (C=O) groups is 2. The lowest BCUT2D eigenvalue weighted by Gasteiger charge is -2.11. The summed E-state index contributed by atoms with van der Waals surface area (Å²) in [4.78, 5) is 23.7. The highest BCUT2D eigenvalue weighted by atomic mass is 16.7. The Bertz CT molecular complexity index is 777. The summed E-state index contributed by atoms with van der Waals surface area (Å²) in [6.07, 6.45) is -0.290. The maximum Gasteiger partial charge on any atom is 0.508 e. The van der Waals surface area contributed by atoms with Crippen molar-refractivity contribution in [3.05, 3.63) is 59.7 Å². The third-order valence-corrected chi connectivity index (χ3v) is 3.81. The zero-order valence-electron chi connectivity index (χ0n) is 16.1. The van der Waals surface area contributed by atoms with Gasteiger partial charge in [-0.3, -0.25) is 4.79 Å². The van der Waals surface area contributed by atoms with Crippen LogP contribution in [0.25, 0.3) is 0 Å². The van der Waals surface area contributed by atoms with Crippen molar-refractivity contribution in [2.24, 2.45) is 0 Å². The fourth-order valence-electron chi connectivity index (χ4n) is 2.48. The number of rotatable bonds is 10. The van der Waals surface area contributed by atoms with E-state index in [1.165, 1.54) is 0 Å². The third kappa shape index (κ3) is 6.83. The van der Waals surface area contributed by atoms with Crippen LogP contribution in [0.5, 0.6) is 11.5 Å². The van der Waals surface area contributed by atoms with Crippen molar-refractivity contribution in [2.75, 3.05) is 33.5 Å². The molecule has 0 bridgehead atoms. The first kappa shape index (κ1) is 21.1. The molecule has 7 nitrogen and oxygen atoms in total. The summed E-state index contributed by atoms with van der Waals surface area (Å²) in [6.45, 7) is 2.79. The lowest BCUT2D eigenvalue weighted by Crippen LogP contribution is -2.29. The second-order valence-electron chi connectivity index (χ2n) is 5.72. The van der Waals surface area contributed by atoms with E-state index in [2.05, 4.69) is 5.32 Å². The van der Waals surface area contributed by atoms with Crippen LogP contribution in [-0.2, 0) is 15.9 Å². The molecule has 0 fully saturated rings. The summed E-state index contributed by atoms with van der Waals surface area (Å²) in [5.41, 5.74) is 1.33. The molecule has 0 aliphatic heterocycles. The molecule has 7 heteroatoms. The van der Waals surface area contributed by atoms with Crippen molar-refractivity contribution < 1.29 is 28.5 Å². The number of benzene rings is 2. The Morgan fingerprint density at radius 2 is 1.75 bits per heavy atom. The molecule has 2 aromatic carbocycles. The molecule has 2 rings (SSSR count). The quantitative estimate of drug-likeness (QED) is 0.498. The SMILES string of the molecule is CCOC(=O)OCCc1ccccc1C(=O)NCCOc1cccc(OC)c1. The second kappa shape index (κ2) is 11.5. The molecule has 0 heterocycles.